The Morgan fingerprint density at radius 3 is 2.26 bits per heavy atom. The molecule has 0 aliphatic carbocycles. The van der Waals surface area contributed by atoms with E-state index in [0.29, 0.717) is 0 Å². The van der Waals surface area contributed by atoms with E-state index in [1.54, 1.807) is 12.1 Å². The molecule has 1 aromatic carbocycles. The molecule has 0 spiro atoms. The lowest BCUT2D eigenvalue weighted by Crippen LogP contribution is -2.55. The highest BCUT2D eigenvalue weighted by Gasteiger charge is 2.28. The van der Waals surface area contributed by atoms with Crippen LogP contribution in [-0.2, 0) is 4.79 Å². The molecule has 7 heteroatoms. The van der Waals surface area contributed by atoms with Crippen LogP contribution in [0.4, 0.5) is 10.1 Å². The first-order valence-electron chi connectivity index (χ1n) is 7.77. The Balaban J connectivity index is 0.00000132. The van der Waals surface area contributed by atoms with Crippen molar-refractivity contribution in [1.82, 2.24) is 10.2 Å². The highest BCUT2D eigenvalue weighted by Crippen LogP contribution is 2.18. The maximum Gasteiger partial charge on any atom is 0.239 e. The zero-order chi connectivity index (χ0) is 14.7. The van der Waals surface area contributed by atoms with E-state index in [0.717, 1.165) is 51.3 Å². The Hall–Kier alpha value is -1.04. The van der Waals surface area contributed by atoms with E-state index in [9.17, 15) is 9.18 Å². The van der Waals surface area contributed by atoms with Crippen molar-refractivity contribution in [3.8, 4) is 0 Å². The molecule has 1 amide bonds. The minimum atomic E-state index is -0.212. The number of nitrogens with zero attached hydrogens (tertiary/aromatic N) is 2. The number of amides is 1. The van der Waals surface area contributed by atoms with Gasteiger partial charge in [-0.05, 0) is 43.7 Å². The summed E-state index contributed by atoms with van der Waals surface area (Å²) in [5, 5.41) is 3.32. The van der Waals surface area contributed by atoms with E-state index in [-0.39, 0.29) is 42.6 Å². The quantitative estimate of drug-likeness (QED) is 0.876. The monoisotopic (exact) mass is 363 g/mol. The van der Waals surface area contributed by atoms with Gasteiger partial charge in [-0.15, -0.1) is 24.8 Å². The number of hydrogen-bond acceptors (Lipinski definition) is 3. The number of carbonyl (C=O) groups is 1. The van der Waals surface area contributed by atoms with Crippen LogP contribution < -0.4 is 10.2 Å². The van der Waals surface area contributed by atoms with Crippen LogP contribution in [-0.4, -0.2) is 49.6 Å². The first kappa shape index (κ1) is 20.0. The average molecular weight is 364 g/mol. The van der Waals surface area contributed by atoms with Crippen LogP contribution in [0.5, 0.6) is 0 Å². The van der Waals surface area contributed by atoms with Crippen LogP contribution in [0.15, 0.2) is 24.3 Å². The number of benzene rings is 1. The first-order chi connectivity index (χ1) is 10.2. The zero-order valence-electron chi connectivity index (χ0n) is 13.0. The molecule has 3 rings (SSSR count). The van der Waals surface area contributed by atoms with E-state index < -0.39 is 0 Å². The summed E-state index contributed by atoms with van der Waals surface area (Å²) in [6, 6.07) is 6.58. The molecule has 0 radical (unpaired) electrons. The van der Waals surface area contributed by atoms with Gasteiger partial charge in [-0.2, -0.15) is 0 Å². The lowest BCUT2D eigenvalue weighted by molar-refractivity contribution is -0.134. The molecular weight excluding hydrogens is 340 g/mol. The first-order valence-corrected chi connectivity index (χ1v) is 7.77. The predicted molar refractivity (Wildman–Crippen MR) is 95.3 cm³/mol. The van der Waals surface area contributed by atoms with Crippen LogP contribution in [0.25, 0.3) is 0 Å². The summed E-state index contributed by atoms with van der Waals surface area (Å²) in [5.74, 6) is 0.0318. The van der Waals surface area contributed by atoms with Gasteiger partial charge < -0.3 is 15.1 Å². The van der Waals surface area contributed by atoms with Crippen LogP contribution in [0, 0.1) is 5.82 Å². The number of anilines is 1. The van der Waals surface area contributed by atoms with E-state index in [1.165, 1.54) is 18.6 Å². The fourth-order valence-corrected chi connectivity index (χ4v) is 3.12. The van der Waals surface area contributed by atoms with Crippen LogP contribution >= 0.6 is 24.8 Å². The highest BCUT2D eigenvalue weighted by atomic mass is 35.5. The second-order valence-corrected chi connectivity index (χ2v) is 5.79. The van der Waals surface area contributed by atoms with Gasteiger partial charge in [0, 0.05) is 31.9 Å². The fourth-order valence-electron chi connectivity index (χ4n) is 3.12. The third-order valence-corrected chi connectivity index (χ3v) is 4.39. The number of carbonyl (C=O) groups excluding carboxylic acids is 1. The summed E-state index contributed by atoms with van der Waals surface area (Å²) < 4.78 is 12.9. The van der Waals surface area contributed by atoms with E-state index in [4.69, 9.17) is 0 Å². The van der Waals surface area contributed by atoms with Gasteiger partial charge in [0.2, 0.25) is 5.91 Å². The van der Waals surface area contributed by atoms with Gasteiger partial charge in [-0.1, -0.05) is 6.42 Å². The Kier molecular flexibility index (Phi) is 8.09. The van der Waals surface area contributed by atoms with Crippen molar-refractivity contribution in [2.75, 3.05) is 37.6 Å². The molecule has 2 saturated heterocycles. The molecule has 0 bridgehead atoms. The minimum Gasteiger partial charge on any atom is -0.368 e. The molecular formula is C16H24Cl2FN3O. The summed E-state index contributed by atoms with van der Waals surface area (Å²) in [6.45, 7) is 4.06. The Labute approximate surface area is 149 Å². The number of piperidine rings is 1. The fraction of sp³-hybridized carbons (Fsp3) is 0.562. The summed E-state index contributed by atoms with van der Waals surface area (Å²) in [4.78, 5) is 16.6. The molecule has 0 aromatic heterocycles. The van der Waals surface area contributed by atoms with Crippen LogP contribution in [0.2, 0.25) is 0 Å². The second kappa shape index (κ2) is 9.30. The lowest BCUT2D eigenvalue weighted by atomic mass is 10.0. The van der Waals surface area contributed by atoms with Gasteiger partial charge in [0.25, 0.3) is 0 Å². The van der Waals surface area contributed by atoms with Gasteiger partial charge in [-0.3, -0.25) is 4.79 Å². The number of nitrogens with one attached hydrogen (secondary N) is 1. The van der Waals surface area contributed by atoms with Crippen LogP contribution in [0.1, 0.15) is 19.3 Å². The third-order valence-electron chi connectivity index (χ3n) is 4.39. The molecule has 2 aliphatic heterocycles. The summed E-state index contributed by atoms with van der Waals surface area (Å²) in [6.07, 6.45) is 3.26. The predicted octanol–water partition coefficient (Wildman–Crippen LogP) is 2.46. The highest BCUT2D eigenvalue weighted by molar-refractivity contribution is 5.85. The maximum absolute atomic E-state index is 12.9. The Morgan fingerprint density at radius 1 is 1.04 bits per heavy atom. The molecule has 0 unspecified atom stereocenters. The van der Waals surface area contributed by atoms with Gasteiger partial charge in [-0.25, -0.2) is 4.39 Å². The molecule has 23 heavy (non-hydrogen) atoms. The van der Waals surface area contributed by atoms with Crippen molar-refractivity contribution in [3.05, 3.63) is 30.1 Å². The van der Waals surface area contributed by atoms with Crippen molar-refractivity contribution in [1.29, 1.82) is 0 Å². The molecule has 1 atom stereocenters. The average Bonchev–Trinajstić information content (AvgIpc) is 2.56. The second-order valence-electron chi connectivity index (χ2n) is 5.79. The van der Waals surface area contributed by atoms with Gasteiger partial charge in [0.05, 0.1) is 6.04 Å². The maximum atomic E-state index is 12.9. The van der Waals surface area contributed by atoms with Gasteiger partial charge >= 0.3 is 0 Å². The van der Waals surface area contributed by atoms with Crippen molar-refractivity contribution in [3.63, 3.8) is 0 Å². The number of rotatable bonds is 2. The lowest BCUT2D eigenvalue weighted by Gasteiger charge is -2.38. The topological polar surface area (TPSA) is 35.6 Å². The zero-order valence-corrected chi connectivity index (χ0v) is 14.7. The van der Waals surface area contributed by atoms with Crippen LogP contribution in [0.3, 0.4) is 0 Å². The number of hydrogen-bond donors (Lipinski definition) is 1. The van der Waals surface area contributed by atoms with Crippen molar-refractivity contribution in [2.45, 2.75) is 25.3 Å². The van der Waals surface area contributed by atoms with Crippen molar-refractivity contribution < 1.29 is 9.18 Å². The van der Waals surface area contributed by atoms with Crippen molar-refractivity contribution >= 4 is 36.4 Å². The summed E-state index contributed by atoms with van der Waals surface area (Å²) in [5.41, 5.74) is 1.03. The Morgan fingerprint density at radius 2 is 1.70 bits per heavy atom. The van der Waals surface area contributed by atoms with E-state index >= 15 is 0 Å². The third kappa shape index (κ3) is 4.96. The normalized spacial score (nSPS) is 21.2. The standard InChI is InChI=1S/C16H22FN3O.2ClH/c17-13-4-6-14(7-5-13)19-9-11-20(12-10-19)16(21)15-3-1-2-8-18-15;;/h4-7,15,18H,1-3,8-12H2;2*1H/t15-;;/m0../s1. The van der Waals surface area contributed by atoms with E-state index in [2.05, 4.69) is 10.2 Å². The summed E-state index contributed by atoms with van der Waals surface area (Å²) >= 11 is 0. The minimum absolute atomic E-state index is 0. The number of halogens is 3. The van der Waals surface area contributed by atoms with Gasteiger partial charge in [0.15, 0.2) is 0 Å². The van der Waals surface area contributed by atoms with E-state index in [1.807, 2.05) is 4.90 Å². The molecule has 0 saturated carbocycles. The molecule has 2 heterocycles. The van der Waals surface area contributed by atoms with Gasteiger partial charge in [0.1, 0.15) is 5.82 Å². The van der Waals surface area contributed by atoms with Crippen molar-refractivity contribution in [2.24, 2.45) is 0 Å². The molecule has 1 aromatic rings. The summed E-state index contributed by atoms with van der Waals surface area (Å²) in [7, 11) is 0. The smallest absolute Gasteiger partial charge is 0.239 e. The molecule has 2 fully saturated rings. The largest absolute Gasteiger partial charge is 0.368 e. The molecule has 2 aliphatic rings. The SMILES string of the molecule is Cl.Cl.O=C([C@@H]1CCCCN1)N1CCN(c2ccc(F)cc2)CC1. The molecule has 4 nitrogen and oxygen atoms in total. The molecule has 130 valence electrons. The molecule has 1 N–H and O–H groups in total. The number of piperazine rings is 1. The Bertz CT molecular complexity index is 487.